The van der Waals surface area contributed by atoms with E-state index in [9.17, 15) is 0 Å². The van der Waals surface area contributed by atoms with Crippen molar-refractivity contribution in [2.75, 3.05) is 6.54 Å². The largest absolute Gasteiger partial charge is 0.357 e. The molecule has 62 valence electrons. The fourth-order valence-electron chi connectivity index (χ4n) is 1.13. The number of allylic oxidation sites excluding steroid dienone is 1. The molecule has 1 N–H and O–H groups in total. The normalized spacial score (nSPS) is 28.8. The highest BCUT2D eigenvalue weighted by molar-refractivity contribution is 5.71. The van der Waals surface area contributed by atoms with Crippen molar-refractivity contribution in [2.24, 2.45) is 9.98 Å². The maximum atomic E-state index is 4.22. The molecule has 4 nitrogen and oxygen atoms in total. The second-order valence-corrected chi connectivity index (χ2v) is 2.59. The number of aliphatic imine (C=N–C) groups is 2. The molecule has 0 aromatic heterocycles. The van der Waals surface area contributed by atoms with Gasteiger partial charge in [-0.2, -0.15) is 0 Å². The molecule has 12 heavy (non-hydrogen) atoms. The first kappa shape index (κ1) is 7.49. The lowest BCUT2D eigenvalue weighted by Gasteiger charge is -2.28. The van der Waals surface area contributed by atoms with E-state index in [1.807, 2.05) is 23.4 Å². The lowest BCUT2D eigenvalue weighted by atomic mass is 10.4. The van der Waals surface area contributed by atoms with Crippen LogP contribution in [0.25, 0.3) is 0 Å². The van der Waals surface area contributed by atoms with E-state index in [-0.39, 0.29) is 6.29 Å². The van der Waals surface area contributed by atoms with E-state index in [0.717, 1.165) is 13.0 Å². The maximum Gasteiger partial charge on any atom is 0.201 e. The minimum Gasteiger partial charge on any atom is -0.357 e. The summed E-state index contributed by atoms with van der Waals surface area (Å²) in [5.74, 6) is 0. The molecule has 1 unspecified atom stereocenters. The third kappa shape index (κ3) is 1.53. The van der Waals surface area contributed by atoms with Crippen LogP contribution in [0.1, 0.15) is 6.42 Å². The maximum absolute atomic E-state index is 4.22. The van der Waals surface area contributed by atoms with Crippen molar-refractivity contribution in [2.45, 2.75) is 12.7 Å². The Balaban J connectivity index is 1.95. The van der Waals surface area contributed by atoms with Crippen LogP contribution < -0.4 is 5.32 Å². The molecule has 2 aliphatic rings. The summed E-state index contributed by atoms with van der Waals surface area (Å²) in [6, 6.07) is 0. The van der Waals surface area contributed by atoms with Gasteiger partial charge in [0, 0.05) is 25.2 Å². The lowest BCUT2D eigenvalue weighted by Crippen LogP contribution is -2.43. The van der Waals surface area contributed by atoms with Crippen LogP contribution >= 0.6 is 0 Å². The topological polar surface area (TPSA) is 40.0 Å². The summed E-state index contributed by atoms with van der Waals surface area (Å²) in [7, 11) is 0. The van der Waals surface area contributed by atoms with Gasteiger partial charge < -0.3 is 5.32 Å². The monoisotopic (exact) mass is 162 g/mol. The molecule has 1 atom stereocenters. The minimum atomic E-state index is -0.0209. The molecule has 0 aromatic carbocycles. The highest BCUT2D eigenvalue weighted by atomic mass is 15.4. The Kier molecular flexibility index (Phi) is 2.18. The van der Waals surface area contributed by atoms with E-state index < -0.39 is 0 Å². The number of hydrogen-bond donors (Lipinski definition) is 1. The van der Waals surface area contributed by atoms with Gasteiger partial charge in [0.25, 0.3) is 0 Å². The van der Waals surface area contributed by atoms with E-state index >= 15 is 0 Å². The van der Waals surface area contributed by atoms with Crippen LogP contribution in [0.5, 0.6) is 0 Å². The molecule has 4 heteroatoms. The van der Waals surface area contributed by atoms with E-state index in [1.165, 1.54) is 0 Å². The smallest absolute Gasteiger partial charge is 0.201 e. The quantitative estimate of drug-likeness (QED) is 0.599. The van der Waals surface area contributed by atoms with Gasteiger partial charge in [0.15, 0.2) is 6.29 Å². The number of rotatable bonds is 1. The van der Waals surface area contributed by atoms with Gasteiger partial charge in [-0.25, -0.2) is 4.90 Å². The molecular formula is C8H10N4. The number of hydrogen-bond acceptors (Lipinski definition) is 4. The fraction of sp³-hybridized carbons (Fsp3) is 0.375. The summed E-state index contributed by atoms with van der Waals surface area (Å²) in [4.78, 5) is 10.1. The van der Waals surface area contributed by atoms with Crippen molar-refractivity contribution in [3.8, 4) is 0 Å². The second kappa shape index (κ2) is 3.49. The van der Waals surface area contributed by atoms with Crippen LogP contribution in [0.2, 0.25) is 0 Å². The predicted octanol–water partition coefficient (Wildman–Crippen LogP) is 0.230. The first-order valence-electron chi connectivity index (χ1n) is 3.95. The number of nitrogens with zero attached hydrogens (tertiary/aromatic N) is 3. The standard InChI is InChI=1S/C8H10N4/c1-4-10-8(11-5-1)12-6-2-3-9-7-12/h1,3-5,8,10H,2,6H2. The molecule has 0 aliphatic carbocycles. The summed E-state index contributed by atoms with van der Waals surface area (Å²) >= 11 is 0. The Morgan fingerprint density at radius 3 is 3.25 bits per heavy atom. The van der Waals surface area contributed by atoms with E-state index in [2.05, 4.69) is 22.0 Å². The zero-order valence-corrected chi connectivity index (χ0v) is 6.64. The van der Waals surface area contributed by atoms with Gasteiger partial charge in [0.05, 0.1) is 0 Å². The summed E-state index contributed by atoms with van der Waals surface area (Å²) in [5.41, 5.74) is 0. The highest BCUT2D eigenvalue weighted by Gasteiger charge is 2.18. The fourth-order valence-corrected chi connectivity index (χ4v) is 1.13. The van der Waals surface area contributed by atoms with Crippen molar-refractivity contribution in [3.63, 3.8) is 0 Å². The van der Waals surface area contributed by atoms with Gasteiger partial charge in [-0.3, -0.25) is 9.98 Å². The third-order valence-electron chi connectivity index (χ3n) is 1.73. The summed E-state index contributed by atoms with van der Waals surface area (Å²) in [5, 5.41) is 3.10. The SMILES string of the molecule is [C]1N=CCCN1C1N=CC=CN1. The molecule has 0 saturated heterocycles. The van der Waals surface area contributed by atoms with Crippen molar-refractivity contribution in [1.29, 1.82) is 0 Å². The van der Waals surface area contributed by atoms with Crippen LogP contribution in [0, 0.1) is 6.67 Å². The van der Waals surface area contributed by atoms with Crippen LogP contribution in [0.3, 0.4) is 0 Å². The average molecular weight is 162 g/mol. The Morgan fingerprint density at radius 1 is 1.58 bits per heavy atom. The number of nitrogens with one attached hydrogen (secondary N) is 1. The third-order valence-corrected chi connectivity index (χ3v) is 1.73. The predicted molar refractivity (Wildman–Crippen MR) is 47.6 cm³/mol. The molecule has 2 rings (SSSR count). The van der Waals surface area contributed by atoms with E-state index in [1.54, 1.807) is 6.21 Å². The minimum absolute atomic E-state index is 0.0209. The Morgan fingerprint density at radius 2 is 2.58 bits per heavy atom. The van der Waals surface area contributed by atoms with Crippen molar-refractivity contribution in [1.82, 2.24) is 10.2 Å². The molecule has 2 radical (unpaired) electrons. The van der Waals surface area contributed by atoms with Crippen molar-refractivity contribution < 1.29 is 0 Å². The second-order valence-electron chi connectivity index (χ2n) is 2.59. The lowest BCUT2D eigenvalue weighted by molar-refractivity contribution is 0.229. The first-order chi connectivity index (χ1) is 5.97. The van der Waals surface area contributed by atoms with Crippen LogP contribution in [0.15, 0.2) is 22.3 Å². The van der Waals surface area contributed by atoms with Crippen LogP contribution in [0.4, 0.5) is 0 Å². The summed E-state index contributed by atoms with van der Waals surface area (Å²) in [6.07, 6.45) is 8.32. The van der Waals surface area contributed by atoms with Gasteiger partial charge >= 0.3 is 0 Å². The zero-order valence-electron chi connectivity index (χ0n) is 6.64. The summed E-state index contributed by atoms with van der Waals surface area (Å²) < 4.78 is 0. The molecule has 0 spiro atoms. The zero-order chi connectivity index (χ0) is 8.23. The molecular weight excluding hydrogens is 152 g/mol. The van der Waals surface area contributed by atoms with Gasteiger partial charge in [-0.1, -0.05) is 0 Å². The van der Waals surface area contributed by atoms with E-state index in [0.29, 0.717) is 0 Å². The van der Waals surface area contributed by atoms with Gasteiger partial charge in [0.1, 0.15) is 0 Å². The van der Waals surface area contributed by atoms with Gasteiger partial charge in [-0.05, 0) is 12.5 Å². The molecule has 0 bridgehead atoms. The van der Waals surface area contributed by atoms with Crippen LogP contribution in [-0.2, 0) is 0 Å². The molecule has 2 heterocycles. The van der Waals surface area contributed by atoms with Crippen molar-refractivity contribution in [3.05, 3.63) is 18.9 Å². The average Bonchev–Trinajstić information content (AvgIpc) is 2.21. The molecule has 0 saturated carbocycles. The van der Waals surface area contributed by atoms with Gasteiger partial charge in [0.2, 0.25) is 6.67 Å². The first-order valence-corrected chi connectivity index (χ1v) is 3.95. The Bertz CT molecular complexity index is 231. The molecule has 2 aliphatic heterocycles. The molecule has 0 fully saturated rings. The van der Waals surface area contributed by atoms with Gasteiger partial charge in [-0.15, -0.1) is 0 Å². The summed E-state index contributed by atoms with van der Waals surface area (Å²) in [6.45, 7) is 3.80. The Labute approximate surface area is 71.7 Å². The van der Waals surface area contributed by atoms with E-state index in [4.69, 9.17) is 0 Å². The molecule has 0 aromatic rings. The molecule has 0 amide bonds. The van der Waals surface area contributed by atoms with Crippen LogP contribution in [-0.4, -0.2) is 30.2 Å². The Hall–Kier alpha value is -1.16. The van der Waals surface area contributed by atoms with Crippen molar-refractivity contribution >= 4 is 12.4 Å². The highest BCUT2D eigenvalue weighted by Crippen LogP contribution is 2.07.